The van der Waals surface area contributed by atoms with E-state index in [2.05, 4.69) is 35.3 Å². The van der Waals surface area contributed by atoms with Gasteiger partial charge in [0, 0.05) is 17.2 Å². The molecule has 0 aliphatic rings. The third-order valence-corrected chi connectivity index (χ3v) is 8.41. The van der Waals surface area contributed by atoms with Crippen molar-refractivity contribution < 1.29 is 19.0 Å². The van der Waals surface area contributed by atoms with E-state index < -0.39 is 0 Å². The van der Waals surface area contributed by atoms with Crippen molar-refractivity contribution in [1.29, 1.82) is 0 Å². The van der Waals surface area contributed by atoms with Gasteiger partial charge in [0.15, 0.2) is 5.05 Å². The van der Waals surface area contributed by atoms with Crippen LogP contribution < -0.4 is 9.47 Å². The molecule has 2 heterocycles. The molecule has 0 atom stereocenters. The van der Waals surface area contributed by atoms with Crippen LogP contribution in [-0.2, 0) is 19.6 Å². The van der Waals surface area contributed by atoms with Crippen LogP contribution in [0.4, 0.5) is 4.39 Å². The van der Waals surface area contributed by atoms with Gasteiger partial charge in [0.05, 0.1) is 22.4 Å². The van der Waals surface area contributed by atoms with Gasteiger partial charge in [0.1, 0.15) is 30.5 Å². The predicted molar refractivity (Wildman–Crippen MR) is 193 cm³/mol. The first-order valence-corrected chi connectivity index (χ1v) is 16.1. The van der Waals surface area contributed by atoms with Crippen molar-refractivity contribution in [1.82, 2.24) is 9.97 Å². The molecule has 7 aromatic rings. The lowest BCUT2D eigenvalue weighted by Crippen LogP contribution is -2.00. The molecule has 0 aliphatic heterocycles. The lowest BCUT2D eigenvalue weighted by atomic mass is 9.89. The summed E-state index contributed by atoms with van der Waals surface area (Å²) >= 11 is 5.00. The average molecular weight is 651 g/mol. The van der Waals surface area contributed by atoms with E-state index in [4.69, 9.17) is 26.7 Å². The predicted octanol–water partition coefficient (Wildman–Crippen LogP) is 10.2. The zero-order valence-electron chi connectivity index (χ0n) is 26.0. The van der Waals surface area contributed by atoms with Gasteiger partial charge in [0.2, 0.25) is 0 Å². The fourth-order valence-electron chi connectivity index (χ4n) is 5.80. The highest BCUT2D eigenvalue weighted by atomic mass is 32.1. The molecule has 5 nitrogen and oxygen atoms in total. The number of halogens is 1. The summed E-state index contributed by atoms with van der Waals surface area (Å²) in [5.41, 5.74) is 8.56. The smallest absolute Gasteiger partial charge is 0.156 e. The summed E-state index contributed by atoms with van der Waals surface area (Å²) in [5.74, 6) is 1.18. The molecule has 236 valence electrons. The van der Waals surface area contributed by atoms with Crippen LogP contribution in [0.25, 0.3) is 44.1 Å². The first-order valence-electron chi connectivity index (χ1n) is 15.7. The van der Waals surface area contributed by atoms with Crippen LogP contribution in [0.15, 0.2) is 133 Å². The number of fused-ring (bicyclic) bond motifs is 2. The first-order chi connectivity index (χ1) is 23.5. The van der Waals surface area contributed by atoms with E-state index in [1.54, 1.807) is 6.07 Å². The van der Waals surface area contributed by atoms with E-state index in [-0.39, 0.29) is 10.9 Å². The Hall–Kier alpha value is -5.66. The monoisotopic (exact) mass is 650 g/mol. The fourth-order valence-corrected chi connectivity index (χ4v) is 5.90. The molecule has 0 saturated heterocycles. The summed E-state index contributed by atoms with van der Waals surface area (Å²) in [7, 11) is 0. The van der Waals surface area contributed by atoms with Crippen molar-refractivity contribution in [2.24, 2.45) is 0 Å². The topological polar surface area (TPSA) is 64.5 Å². The standard InChI is InChI=1S/C41H31FN2O3S/c42-32-15-22-39-31(24-32)9-17-34(44-39)26-46-35-18-10-27(11-19-35)37-6-3-5-29(14-23-40(45)48)41(37)30-12-20-36(21-13-30)47-25-33-16-8-28-4-1-2-7-38(28)43-33/h1-13,15-22,24H,14,23,25-26H2,(H,45,48). The third-order valence-electron chi connectivity index (χ3n) is 8.21. The molecule has 2 aromatic heterocycles. The summed E-state index contributed by atoms with van der Waals surface area (Å²) in [4.78, 5) is 9.31. The zero-order valence-corrected chi connectivity index (χ0v) is 26.8. The molecule has 0 spiro atoms. The molecule has 0 aliphatic carbocycles. The van der Waals surface area contributed by atoms with E-state index in [0.717, 1.165) is 66.8 Å². The Morgan fingerprint density at radius 1 is 0.625 bits per heavy atom. The highest BCUT2D eigenvalue weighted by Gasteiger charge is 2.14. The number of pyridine rings is 2. The minimum absolute atomic E-state index is 0.00744. The molecule has 0 amide bonds. The Kier molecular flexibility index (Phi) is 9.03. The van der Waals surface area contributed by atoms with Gasteiger partial charge in [-0.25, -0.2) is 14.4 Å². The highest BCUT2D eigenvalue weighted by molar-refractivity contribution is 7.80. The SMILES string of the molecule is OC(=S)CCc1cccc(-c2ccc(OCc3ccc4cc(F)ccc4n3)cc2)c1-c1ccc(OCc2ccc3ccccc3n2)cc1. The maximum Gasteiger partial charge on any atom is 0.156 e. The summed E-state index contributed by atoms with van der Waals surface area (Å²) < 4.78 is 25.7. The van der Waals surface area contributed by atoms with Gasteiger partial charge in [-0.1, -0.05) is 72.8 Å². The lowest BCUT2D eigenvalue weighted by Gasteiger charge is -2.17. The number of aliphatic hydroxyl groups excluding tert-OH is 1. The number of thiocarbonyl (C=S) groups is 1. The second-order valence-corrected chi connectivity index (χ2v) is 12.0. The molecule has 7 heteroatoms. The van der Waals surface area contributed by atoms with E-state index in [0.29, 0.717) is 31.8 Å². The largest absolute Gasteiger partial charge is 0.502 e. The van der Waals surface area contributed by atoms with Crippen LogP contribution in [0.2, 0.25) is 0 Å². The van der Waals surface area contributed by atoms with Crippen molar-refractivity contribution >= 4 is 39.1 Å². The molecular formula is C41H31FN2O3S. The van der Waals surface area contributed by atoms with Gasteiger partial charge in [-0.2, -0.15) is 0 Å². The Morgan fingerprint density at radius 3 is 1.94 bits per heavy atom. The minimum atomic E-state index is -0.282. The minimum Gasteiger partial charge on any atom is -0.502 e. The van der Waals surface area contributed by atoms with Gasteiger partial charge in [-0.05, 0) is 107 Å². The zero-order chi connectivity index (χ0) is 32.9. The van der Waals surface area contributed by atoms with Crippen molar-refractivity contribution in [2.45, 2.75) is 26.1 Å². The Labute approximate surface area is 283 Å². The van der Waals surface area contributed by atoms with Crippen LogP contribution in [0.3, 0.4) is 0 Å². The normalized spacial score (nSPS) is 11.1. The molecule has 0 unspecified atom stereocenters. The molecule has 0 radical (unpaired) electrons. The first kappa shape index (κ1) is 31.0. The quantitative estimate of drug-likeness (QED) is 0.141. The number of hydrogen-bond acceptors (Lipinski definition) is 5. The number of aliphatic hydroxyl groups is 1. The van der Waals surface area contributed by atoms with Crippen molar-refractivity contribution in [2.75, 3.05) is 0 Å². The third kappa shape index (κ3) is 7.17. The van der Waals surface area contributed by atoms with Gasteiger partial charge < -0.3 is 14.6 Å². The molecule has 5 aromatic carbocycles. The molecule has 1 N–H and O–H groups in total. The van der Waals surface area contributed by atoms with E-state index in [1.807, 2.05) is 84.9 Å². The number of para-hydroxylation sites is 1. The Bertz CT molecular complexity index is 2240. The highest BCUT2D eigenvalue weighted by Crippen LogP contribution is 2.37. The second-order valence-electron chi connectivity index (χ2n) is 11.5. The second kappa shape index (κ2) is 14.0. The maximum absolute atomic E-state index is 13.5. The fraction of sp³-hybridized carbons (Fsp3) is 0.0976. The number of benzene rings is 5. The van der Waals surface area contributed by atoms with Crippen LogP contribution >= 0.6 is 12.2 Å². The number of ether oxygens (including phenoxy) is 2. The van der Waals surface area contributed by atoms with E-state index in [9.17, 15) is 9.50 Å². The summed E-state index contributed by atoms with van der Waals surface area (Å²) in [5, 5.41) is 11.7. The van der Waals surface area contributed by atoms with Crippen LogP contribution in [0.1, 0.15) is 23.4 Å². The molecule has 48 heavy (non-hydrogen) atoms. The molecule has 0 saturated carbocycles. The number of aryl methyl sites for hydroxylation is 1. The molecule has 0 fully saturated rings. The van der Waals surface area contributed by atoms with Gasteiger partial charge in [0.25, 0.3) is 0 Å². The maximum atomic E-state index is 13.5. The number of rotatable bonds is 11. The van der Waals surface area contributed by atoms with Crippen LogP contribution in [0, 0.1) is 5.82 Å². The van der Waals surface area contributed by atoms with Crippen LogP contribution in [-0.4, -0.2) is 20.1 Å². The van der Waals surface area contributed by atoms with Crippen molar-refractivity contribution in [3.63, 3.8) is 0 Å². The van der Waals surface area contributed by atoms with Crippen molar-refractivity contribution in [3.8, 4) is 33.8 Å². The lowest BCUT2D eigenvalue weighted by molar-refractivity contribution is 0.302. The summed E-state index contributed by atoms with van der Waals surface area (Å²) in [6, 6.07) is 42.6. The molecule has 7 rings (SSSR count). The van der Waals surface area contributed by atoms with Gasteiger partial charge in [-0.15, -0.1) is 0 Å². The summed E-state index contributed by atoms with van der Waals surface area (Å²) in [6.07, 6.45) is 1.01. The van der Waals surface area contributed by atoms with E-state index in [1.165, 1.54) is 12.1 Å². The Balaban J connectivity index is 1.10. The molecule has 0 bridgehead atoms. The van der Waals surface area contributed by atoms with Crippen molar-refractivity contribution in [3.05, 3.63) is 156 Å². The van der Waals surface area contributed by atoms with Crippen LogP contribution in [0.5, 0.6) is 11.5 Å². The van der Waals surface area contributed by atoms with E-state index >= 15 is 0 Å². The number of nitrogens with zero attached hydrogens (tertiary/aromatic N) is 2. The Morgan fingerprint density at radius 2 is 1.25 bits per heavy atom. The number of aromatic nitrogens is 2. The number of hydrogen-bond donors (Lipinski definition) is 1. The van der Waals surface area contributed by atoms with Gasteiger partial charge >= 0.3 is 0 Å². The van der Waals surface area contributed by atoms with Gasteiger partial charge in [-0.3, -0.25) is 0 Å². The average Bonchev–Trinajstić information content (AvgIpc) is 3.12. The molecular weight excluding hydrogens is 620 g/mol. The summed E-state index contributed by atoms with van der Waals surface area (Å²) in [6.45, 7) is 0.658.